The van der Waals surface area contributed by atoms with Crippen molar-refractivity contribution in [1.82, 2.24) is 5.32 Å². The predicted octanol–water partition coefficient (Wildman–Crippen LogP) is 3.27. The molecule has 0 saturated carbocycles. The maximum atomic E-state index is 11.8. The molecule has 2 nitrogen and oxygen atoms in total. The summed E-state index contributed by atoms with van der Waals surface area (Å²) in [4.78, 5) is 11.8. The van der Waals surface area contributed by atoms with Crippen molar-refractivity contribution in [3.8, 4) is 0 Å². The molecular formula is C14H19NO. The van der Waals surface area contributed by atoms with Gasteiger partial charge in [-0.1, -0.05) is 37.0 Å². The molecule has 0 spiro atoms. The van der Waals surface area contributed by atoms with Gasteiger partial charge in [0.2, 0.25) is 0 Å². The minimum atomic E-state index is -0.135. The van der Waals surface area contributed by atoms with Crippen LogP contribution in [0.4, 0.5) is 0 Å². The average molecular weight is 217 g/mol. The Morgan fingerprint density at radius 3 is 2.31 bits per heavy atom. The Balaban J connectivity index is 4.83. The molecular weight excluding hydrogens is 198 g/mol. The number of hydrogen-bond donors (Lipinski definition) is 1. The van der Waals surface area contributed by atoms with Crippen molar-refractivity contribution >= 4 is 5.91 Å². The lowest BCUT2D eigenvalue weighted by atomic mass is 10.2. The number of hydrogen-bond acceptors (Lipinski definition) is 1. The lowest BCUT2D eigenvalue weighted by molar-refractivity contribution is -0.116. The van der Waals surface area contributed by atoms with Crippen LogP contribution in [0.2, 0.25) is 0 Å². The molecule has 16 heavy (non-hydrogen) atoms. The first-order valence-electron chi connectivity index (χ1n) is 5.25. The highest BCUT2D eigenvalue weighted by atomic mass is 16.1. The Kier molecular flexibility index (Phi) is 7.51. The SMILES string of the molecule is C=C/C(=C\C)NC(=O)C(/C=C\C)=C/C=C\C. The van der Waals surface area contributed by atoms with Crippen LogP contribution in [0, 0.1) is 0 Å². The van der Waals surface area contributed by atoms with Crippen LogP contribution in [-0.4, -0.2) is 5.91 Å². The minimum absolute atomic E-state index is 0.135. The summed E-state index contributed by atoms with van der Waals surface area (Å²) in [5.41, 5.74) is 1.32. The van der Waals surface area contributed by atoms with Crippen molar-refractivity contribution in [3.63, 3.8) is 0 Å². The summed E-state index contributed by atoms with van der Waals surface area (Å²) in [5.74, 6) is -0.135. The predicted molar refractivity (Wildman–Crippen MR) is 69.8 cm³/mol. The zero-order chi connectivity index (χ0) is 12.4. The molecule has 0 radical (unpaired) electrons. The number of carbonyl (C=O) groups is 1. The van der Waals surface area contributed by atoms with E-state index in [1.54, 1.807) is 24.3 Å². The fourth-order valence-corrected chi connectivity index (χ4v) is 1.03. The largest absolute Gasteiger partial charge is 0.322 e. The normalized spacial score (nSPS) is 13.4. The summed E-state index contributed by atoms with van der Waals surface area (Å²) in [5, 5.41) is 2.76. The molecule has 0 fully saturated rings. The van der Waals surface area contributed by atoms with Crippen LogP contribution in [0.1, 0.15) is 20.8 Å². The van der Waals surface area contributed by atoms with Gasteiger partial charge in [0.25, 0.3) is 5.91 Å². The third kappa shape index (κ3) is 5.15. The van der Waals surface area contributed by atoms with Gasteiger partial charge in [-0.25, -0.2) is 0 Å². The Bertz CT molecular complexity index is 357. The molecule has 0 saturated heterocycles. The van der Waals surface area contributed by atoms with Crippen LogP contribution in [0.3, 0.4) is 0 Å². The minimum Gasteiger partial charge on any atom is -0.322 e. The van der Waals surface area contributed by atoms with E-state index in [-0.39, 0.29) is 5.91 Å². The first-order chi connectivity index (χ1) is 7.69. The number of nitrogens with one attached hydrogen (secondary N) is 1. The van der Waals surface area contributed by atoms with Gasteiger partial charge in [0.1, 0.15) is 0 Å². The van der Waals surface area contributed by atoms with E-state index in [4.69, 9.17) is 0 Å². The van der Waals surface area contributed by atoms with Crippen LogP contribution in [0.25, 0.3) is 0 Å². The second-order valence-corrected chi connectivity index (χ2v) is 3.05. The number of carbonyl (C=O) groups excluding carboxylic acids is 1. The number of amides is 1. The molecule has 0 aliphatic heterocycles. The lowest BCUT2D eigenvalue weighted by Crippen LogP contribution is -2.22. The standard InChI is InChI=1S/C14H19NO/c1-5-9-11-12(10-6-2)14(16)15-13(7-3)8-4/h5-11H,3H2,1-2,4H3,(H,15,16)/b9-5-,10-6-,12-11+,13-8+. The van der Waals surface area contributed by atoms with Gasteiger partial charge >= 0.3 is 0 Å². The van der Waals surface area contributed by atoms with E-state index in [9.17, 15) is 4.79 Å². The molecule has 2 heteroatoms. The van der Waals surface area contributed by atoms with Crippen LogP contribution >= 0.6 is 0 Å². The summed E-state index contributed by atoms with van der Waals surface area (Å²) in [6, 6.07) is 0. The topological polar surface area (TPSA) is 29.1 Å². The average Bonchev–Trinajstić information content (AvgIpc) is 2.31. The Morgan fingerprint density at radius 2 is 1.88 bits per heavy atom. The van der Waals surface area contributed by atoms with Crippen LogP contribution < -0.4 is 5.32 Å². The summed E-state index contributed by atoms with van der Waals surface area (Å²) in [7, 11) is 0. The van der Waals surface area contributed by atoms with Gasteiger partial charge in [-0.3, -0.25) is 4.79 Å². The quantitative estimate of drug-likeness (QED) is 0.555. The molecule has 0 aromatic rings. The van der Waals surface area contributed by atoms with Crippen molar-refractivity contribution in [2.75, 3.05) is 0 Å². The highest BCUT2D eigenvalue weighted by molar-refractivity contribution is 5.97. The van der Waals surface area contributed by atoms with E-state index in [0.717, 1.165) is 0 Å². The summed E-state index contributed by atoms with van der Waals surface area (Å²) < 4.78 is 0. The van der Waals surface area contributed by atoms with Gasteiger partial charge in [-0.2, -0.15) is 0 Å². The van der Waals surface area contributed by atoms with Crippen molar-refractivity contribution in [1.29, 1.82) is 0 Å². The summed E-state index contributed by atoms with van der Waals surface area (Å²) in [6.45, 7) is 9.25. The summed E-state index contributed by atoms with van der Waals surface area (Å²) >= 11 is 0. The maximum Gasteiger partial charge on any atom is 0.255 e. The molecule has 0 aliphatic rings. The highest BCUT2D eigenvalue weighted by Gasteiger charge is 2.05. The van der Waals surface area contributed by atoms with E-state index in [2.05, 4.69) is 11.9 Å². The van der Waals surface area contributed by atoms with Gasteiger partial charge in [0.05, 0.1) is 0 Å². The second-order valence-electron chi connectivity index (χ2n) is 3.05. The van der Waals surface area contributed by atoms with Crippen molar-refractivity contribution in [2.45, 2.75) is 20.8 Å². The molecule has 0 atom stereocenters. The maximum absolute atomic E-state index is 11.8. The molecule has 0 aromatic carbocycles. The highest BCUT2D eigenvalue weighted by Crippen LogP contribution is 2.01. The third-order valence-corrected chi connectivity index (χ3v) is 1.87. The third-order valence-electron chi connectivity index (χ3n) is 1.87. The zero-order valence-electron chi connectivity index (χ0n) is 10.2. The van der Waals surface area contributed by atoms with Crippen molar-refractivity contribution in [3.05, 3.63) is 60.4 Å². The first-order valence-corrected chi connectivity index (χ1v) is 5.25. The Hall–Kier alpha value is -1.83. The van der Waals surface area contributed by atoms with E-state index in [1.807, 2.05) is 39.0 Å². The molecule has 0 bridgehead atoms. The zero-order valence-corrected chi connectivity index (χ0v) is 10.2. The van der Waals surface area contributed by atoms with Gasteiger partial charge < -0.3 is 5.32 Å². The molecule has 0 aromatic heterocycles. The smallest absolute Gasteiger partial charge is 0.255 e. The van der Waals surface area contributed by atoms with Gasteiger partial charge in [0, 0.05) is 11.3 Å². The molecule has 86 valence electrons. The molecule has 0 aliphatic carbocycles. The molecule has 0 heterocycles. The first kappa shape index (κ1) is 14.2. The molecule has 0 unspecified atom stereocenters. The van der Waals surface area contributed by atoms with Gasteiger partial charge in [0.15, 0.2) is 0 Å². The van der Waals surface area contributed by atoms with Crippen LogP contribution in [0.15, 0.2) is 60.4 Å². The number of rotatable bonds is 5. The summed E-state index contributed by atoms with van der Waals surface area (Å²) in [6.07, 6.45) is 12.5. The molecule has 0 rings (SSSR count). The molecule has 1 N–H and O–H groups in total. The van der Waals surface area contributed by atoms with Gasteiger partial charge in [-0.05, 0) is 32.9 Å². The number of allylic oxidation sites excluding steroid dienone is 6. The second kappa shape index (κ2) is 8.48. The monoisotopic (exact) mass is 217 g/mol. The lowest BCUT2D eigenvalue weighted by Gasteiger charge is -2.05. The van der Waals surface area contributed by atoms with Crippen LogP contribution in [0.5, 0.6) is 0 Å². The van der Waals surface area contributed by atoms with E-state index >= 15 is 0 Å². The Labute approximate surface area is 97.7 Å². The van der Waals surface area contributed by atoms with E-state index < -0.39 is 0 Å². The molecule has 1 amide bonds. The van der Waals surface area contributed by atoms with Crippen molar-refractivity contribution in [2.24, 2.45) is 0 Å². The van der Waals surface area contributed by atoms with Crippen LogP contribution in [-0.2, 0) is 4.79 Å². The van der Waals surface area contributed by atoms with Gasteiger partial charge in [-0.15, -0.1) is 0 Å². The fourth-order valence-electron chi connectivity index (χ4n) is 1.03. The van der Waals surface area contributed by atoms with Crippen molar-refractivity contribution < 1.29 is 4.79 Å². The van der Waals surface area contributed by atoms with E-state index in [1.165, 1.54) is 0 Å². The fraction of sp³-hybridized carbons (Fsp3) is 0.214. The Morgan fingerprint density at radius 1 is 1.19 bits per heavy atom. The van der Waals surface area contributed by atoms with E-state index in [0.29, 0.717) is 11.3 Å².